The minimum Gasteiger partial charge on any atom is -0.483 e. The lowest BCUT2D eigenvalue weighted by Gasteiger charge is -2.27. The topological polar surface area (TPSA) is 80.8 Å². The molecule has 24 heavy (non-hydrogen) atoms. The summed E-state index contributed by atoms with van der Waals surface area (Å²) in [5.74, 6) is 0.0201. The predicted octanol–water partition coefficient (Wildman–Crippen LogP) is 2.07. The maximum Gasteiger partial charge on any atom is 0.260 e. The van der Waals surface area contributed by atoms with Crippen LogP contribution in [0.25, 0.3) is 0 Å². The first-order chi connectivity index (χ1) is 11.2. The van der Waals surface area contributed by atoms with Crippen LogP contribution in [-0.4, -0.2) is 55.7 Å². The largest absolute Gasteiger partial charge is 0.483 e. The second kappa shape index (κ2) is 7.65. The zero-order chi connectivity index (χ0) is 17.9. The maximum absolute atomic E-state index is 12.4. The van der Waals surface area contributed by atoms with Gasteiger partial charge in [-0.1, -0.05) is 15.9 Å². The van der Waals surface area contributed by atoms with Crippen molar-refractivity contribution in [1.29, 1.82) is 0 Å². The molecule has 1 aromatic rings. The molecule has 0 bridgehead atoms. The Morgan fingerprint density at radius 2 is 2.08 bits per heavy atom. The summed E-state index contributed by atoms with van der Waals surface area (Å²) in [6.07, 6.45) is 0.457. The van der Waals surface area contributed by atoms with E-state index in [1.54, 1.807) is 18.2 Å². The second-order valence-electron chi connectivity index (χ2n) is 5.72. The van der Waals surface area contributed by atoms with Gasteiger partial charge in [0.2, 0.25) is 0 Å². The molecule has 1 fully saturated rings. The van der Waals surface area contributed by atoms with Gasteiger partial charge in [-0.15, -0.1) is 0 Å². The van der Waals surface area contributed by atoms with Crippen molar-refractivity contribution in [3.63, 3.8) is 0 Å². The number of ether oxygens (including phenoxy) is 1. The van der Waals surface area contributed by atoms with Gasteiger partial charge in [-0.2, -0.15) is 0 Å². The Morgan fingerprint density at radius 1 is 1.38 bits per heavy atom. The van der Waals surface area contributed by atoms with E-state index in [-0.39, 0.29) is 35.8 Å². The quantitative estimate of drug-likeness (QED) is 0.661. The van der Waals surface area contributed by atoms with Gasteiger partial charge >= 0.3 is 0 Å². The minimum absolute atomic E-state index is 0.00353. The third kappa shape index (κ3) is 4.57. The van der Waals surface area contributed by atoms with Gasteiger partial charge < -0.3 is 9.64 Å². The third-order valence-corrected chi connectivity index (χ3v) is 6.23. The van der Waals surface area contributed by atoms with E-state index in [4.69, 9.17) is 4.74 Å². The molecule has 1 aromatic carbocycles. The molecule has 6 nitrogen and oxygen atoms in total. The highest BCUT2D eigenvalue weighted by Crippen LogP contribution is 2.24. The maximum atomic E-state index is 12.4. The number of ketones is 1. The average molecular weight is 418 g/mol. The fourth-order valence-corrected chi connectivity index (χ4v) is 4.88. The number of carbonyl (C=O) groups is 2. The van der Waals surface area contributed by atoms with Crippen molar-refractivity contribution >= 4 is 37.5 Å². The van der Waals surface area contributed by atoms with Crippen LogP contribution in [0.5, 0.6) is 5.75 Å². The Kier molecular flexibility index (Phi) is 6.03. The Bertz CT molecular complexity index is 747. The third-order valence-electron chi connectivity index (χ3n) is 3.98. The Labute approximate surface area is 150 Å². The van der Waals surface area contributed by atoms with E-state index in [0.29, 0.717) is 24.3 Å². The zero-order valence-corrected chi connectivity index (χ0v) is 16.0. The molecule has 0 unspecified atom stereocenters. The molecule has 0 saturated carbocycles. The Balaban J connectivity index is 2.06. The summed E-state index contributed by atoms with van der Waals surface area (Å²) in [4.78, 5) is 25.6. The summed E-state index contributed by atoms with van der Waals surface area (Å²) in [5, 5.41) is 0. The van der Waals surface area contributed by atoms with E-state index < -0.39 is 9.84 Å². The van der Waals surface area contributed by atoms with E-state index in [9.17, 15) is 18.0 Å². The smallest absolute Gasteiger partial charge is 0.260 e. The van der Waals surface area contributed by atoms with Crippen molar-refractivity contribution in [2.75, 3.05) is 24.7 Å². The predicted molar refractivity (Wildman–Crippen MR) is 94.1 cm³/mol. The van der Waals surface area contributed by atoms with Crippen molar-refractivity contribution in [1.82, 2.24) is 4.90 Å². The van der Waals surface area contributed by atoms with Crippen molar-refractivity contribution in [3.05, 3.63) is 28.2 Å². The molecule has 0 aromatic heterocycles. The van der Waals surface area contributed by atoms with Crippen LogP contribution < -0.4 is 4.74 Å². The van der Waals surface area contributed by atoms with Gasteiger partial charge in [0.15, 0.2) is 22.2 Å². The van der Waals surface area contributed by atoms with Gasteiger partial charge in [0, 0.05) is 17.1 Å². The van der Waals surface area contributed by atoms with Crippen LogP contribution in [0, 0.1) is 0 Å². The number of rotatable bonds is 6. The SMILES string of the molecule is CCN(C(=O)COc1ccc(Br)cc1C(C)=O)[C@@H]1CCS(=O)(=O)C1. The van der Waals surface area contributed by atoms with E-state index in [0.717, 1.165) is 4.47 Å². The van der Waals surface area contributed by atoms with E-state index in [1.807, 2.05) is 6.92 Å². The number of nitrogens with zero attached hydrogens (tertiary/aromatic N) is 1. The van der Waals surface area contributed by atoms with Gasteiger partial charge in [0.05, 0.1) is 17.1 Å². The summed E-state index contributed by atoms with van der Waals surface area (Å²) < 4.78 is 29.5. The van der Waals surface area contributed by atoms with Gasteiger partial charge in [0.25, 0.3) is 5.91 Å². The van der Waals surface area contributed by atoms with Crippen LogP contribution in [-0.2, 0) is 14.6 Å². The molecule has 0 aliphatic carbocycles. The first kappa shape index (κ1) is 18.9. The molecular formula is C16H20BrNO5S. The van der Waals surface area contributed by atoms with Gasteiger partial charge in [0.1, 0.15) is 5.75 Å². The molecule has 132 valence electrons. The molecule has 1 saturated heterocycles. The number of hydrogen-bond donors (Lipinski definition) is 0. The van der Waals surface area contributed by atoms with Crippen LogP contribution in [0.2, 0.25) is 0 Å². The van der Waals surface area contributed by atoms with Crippen molar-refractivity contribution < 1.29 is 22.7 Å². The summed E-state index contributed by atoms with van der Waals surface area (Å²) in [7, 11) is -3.06. The zero-order valence-electron chi connectivity index (χ0n) is 13.6. The number of halogens is 1. The summed E-state index contributed by atoms with van der Waals surface area (Å²) in [6.45, 7) is 3.43. The Hall–Kier alpha value is -1.41. The van der Waals surface area contributed by atoms with Crippen molar-refractivity contribution in [2.45, 2.75) is 26.3 Å². The van der Waals surface area contributed by atoms with Crippen LogP contribution in [0.15, 0.2) is 22.7 Å². The standard InChI is InChI=1S/C16H20BrNO5S/c1-3-18(13-6-7-24(21,22)10-13)16(20)9-23-15-5-4-12(17)8-14(15)11(2)19/h4-5,8,13H,3,6-7,9-10H2,1-2H3/t13-/m1/s1. The number of hydrogen-bond acceptors (Lipinski definition) is 5. The molecule has 1 amide bonds. The van der Waals surface area contributed by atoms with Crippen LogP contribution >= 0.6 is 15.9 Å². The normalized spacial score (nSPS) is 19.0. The van der Waals surface area contributed by atoms with Crippen LogP contribution in [0.4, 0.5) is 0 Å². The number of sulfone groups is 1. The highest BCUT2D eigenvalue weighted by molar-refractivity contribution is 9.10. The highest BCUT2D eigenvalue weighted by Gasteiger charge is 2.34. The molecule has 0 N–H and O–H groups in total. The van der Waals surface area contributed by atoms with Crippen LogP contribution in [0.3, 0.4) is 0 Å². The van der Waals surface area contributed by atoms with Crippen LogP contribution in [0.1, 0.15) is 30.6 Å². The summed E-state index contributed by atoms with van der Waals surface area (Å²) in [5.41, 5.74) is 0.392. The lowest BCUT2D eigenvalue weighted by atomic mass is 10.1. The lowest BCUT2D eigenvalue weighted by Crippen LogP contribution is -2.43. The molecule has 0 radical (unpaired) electrons. The Morgan fingerprint density at radius 3 is 2.62 bits per heavy atom. The van der Waals surface area contributed by atoms with Gasteiger partial charge in [-0.25, -0.2) is 8.42 Å². The fraction of sp³-hybridized carbons (Fsp3) is 0.500. The molecule has 1 heterocycles. The first-order valence-electron chi connectivity index (χ1n) is 7.66. The molecular weight excluding hydrogens is 398 g/mol. The van der Waals surface area contributed by atoms with Crippen molar-refractivity contribution in [3.8, 4) is 5.75 Å². The number of amides is 1. The number of likely N-dealkylation sites (N-methyl/N-ethyl adjacent to an activating group) is 1. The minimum atomic E-state index is -3.06. The fourth-order valence-electron chi connectivity index (χ4n) is 2.78. The molecule has 8 heteroatoms. The summed E-state index contributed by atoms with van der Waals surface area (Å²) >= 11 is 3.29. The second-order valence-corrected chi connectivity index (χ2v) is 8.87. The van der Waals surface area contributed by atoms with E-state index in [2.05, 4.69) is 15.9 Å². The monoisotopic (exact) mass is 417 g/mol. The number of carbonyl (C=O) groups excluding carboxylic acids is 2. The molecule has 0 spiro atoms. The van der Waals surface area contributed by atoms with Gasteiger partial charge in [-0.05, 0) is 38.5 Å². The van der Waals surface area contributed by atoms with Crippen molar-refractivity contribution in [2.24, 2.45) is 0 Å². The van der Waals surface area contributed by atoms with E-state index >= 15 is 0 Å². The number of Topliss-reactive ketones (excluding diaryl/α,β-unsaturated/α-hetero) is 1. The summed E-state index contributed by atoms with van der Waals surface area (Å²) in [6, 6.07) is 4.70. The van der Waals surface area contributed by atoms with Gasteiger partial charge in [-0.3, -0.25) is 9.59 Å². The van der Waals surface area contributed by atoms with E-state index in [1.165, 1.54) is 11.8 Å². The first-order valence-corrected chi connectivity index (χ1v) is 10.3. The average Bonchev–Trinajstić information content (AvgIpc) is 2.86. The molecule has 1 atom stereocenters. The molecule has 1 aliphatic rings. The lowest BCUT2D eigenvalue weighted by molar-refractivity contribution is -0.135. The molecule has 2 rings (SSSR count). The number of benzene rings is 1. The molecule has 1 aliphatic heterocycles. The highest BCUT2D eigenvalue weighted by atomic mass is 79.9.